The Hall–Kier alpha value is -2.61. The molecule has 7 heteroatoms. The van der Waals surface area contributed by atoms with Gasteiger partial charge in [0, 0.05) is 30.6 Å². The summed E-state index contributed by atoms with van der Waals surface area (Å²) in [5.74, 6) is -1.72. The summed E-state index contributed by atoms with van der Waals surface area (Å²) in [5.41, 5.74) is 3.56. The highest BCUT2D eigenvalue weighted by Gasteiger charge is 2.21. The Bertz CT molecular complexity index is 1040. The van der Waals surface area contributed by atoms with Crippen molar-refractivity contribution in [2.75, 3.05) is 6.54 Å². The van der Waals surface area contributed by atoms with Crippen LogP contribution < -0.4 is 10.6 Å². The molecule has 32 heavy (non-hydrogen) atoms. The first-order valence-electron chi connectivity index (χ1n) is 10.3. The van der Waals surface area contributed by atoms with Crippen molar-refractivity contribution in [3.63, 3.8) is 0 Å². The van der Waals surface area contributed by atoms with E-state index in [1.54, 1.807) is 0 Å². The molecule has 1 amide bonds. The van der Waals surface area contributed by atoms with Gasteiger partial charge < -0.3 is 15.7 Å². The van der Waals surface area contributed by atoms with Crippen molar-refractivity contribution >= 4 is 21.8 Å². The standard InChI is InChI=1S/C25H25BrF2N2O2/c1-16(31)30-24(11-17-9-21(27)13-22(28)10-17)25(32)15-29-14-19-12-20(26)7-8-23(19)18-5-3-2-4-6-18/h2-10,12-13,24-25,29,32H,11,14-15H2,1H3,(H,30,31)/t24-,25?/m0/s1. The third kappa shape index (κ3) is 6.95. The van der Waals surface area contributed by atoms with E-state index in [0.717, 1.165) is 27.2 Å². The molecule has 0 aliphatic carbocycles. The maximum atomic E-state index is 13.5. The van der Waals surface area contributed by atoms with Crippen molar-refractivity contribution in [2.24, 2.45) is 0 Å². The van der Waals surface area contributed by atoms with Gasteiger partial charge in [0.05, 0.1) is 12.1 Å². The summed E-state index contributed by atoms with van der Waals surface area (Å²) in [6.45, 7) is 2.01. The normalized spacial score (nSPS) is 12.9. The summed E-state index contributed by atoms with van der Waals surface area (Å²) in [5, 5.41) is 16.6. The van der Waals surface area contributed by atoms with Crippen molar-refractivity contribution in [3.8, 4) is 11.1 Å². The number of aliphatic hydroxyl groups excluding tert-OH is 1. The second kappa shape index (κ2) is 11.3. The molecule has 0 spiro atoms. The molecule has 168 valence electrons. The fraction of sp³-hybridized carbons (Fsp3) is 0.240. The zero-order chi connectivity index (χ0) is 23.1. The van der Waals surface area contributed by atoms with Crippen LogP contribution in [0.4, 0.5) is 8.78 Å². The van der Waals surface area contributed by atoms with Crippen LogP contribution in [0.3, 0.4) is 0 Å². The van der Waals surface area contributed by atoms with Crippen molar-refractivity contribution in [1.29, 1.82) is 0 Å². The van der Waals surface area contributed by atoms with Crippen LogP contribution in [0.15, 0.2) is 71.2 Å². The molecule has 3 aromatic carbocycles. The molecule has 0 radical (unpaired) electrons. The van der Waals surface area contributed by atoms with Crippen LogP contribution in [0.25, 0.3) is 11.1 Å². The van der Waals surface area contributed by atoms with E-state index in [4.69, 9.17) is 0 Å². The summed E-state index contributed by atoms with van der Waals surface area (Å²) in [6, 6.07) is 18.5. The van der Waals surface area contributed by atoms with Crippen molar-refractivity contribution in [2.45, 2.75) is 32.0 Å². The Morgan fingerprint density at radius 1 is 1.03 bits per heavy atom. The van der Waals surface area contributed by atoms with Gasteiger partial charge in [0.1, 0.15) is 11.6 Å². The van der Waals surface area contributed by atoms with E-state index in [1.165, 1.54) is 19.1 Å². The molecule has 0 heterocycles. The predicted octanol–water partition coefficient (Wildman–Crippen LogP) is 4.59. The first-order chi connectivity index (χ1) is 15.3. The number of nitrogens with one attached hydrogen (secondary N) is 2. The number of amides is 1. The van der Waals surface area contributed by atoms with Crippen LogP contribution >= 0.6 is 15.9 Å². The Morgan fingerprint density at radius 2 is 1.72 bits per heavy atom. The van der Waals surface area contributed by atoms with Gasteiger partial charge in [-0.15, -0.1) is 0 Å². The Morgan fingerprint density at radius 3 is 2.38 bits per heavy atom. The largest absolute Gasteiger partial charge is 0.390 e. The predicted molar refractivity (Wildman–Crippen MR) is 125 cm³/mol. The minimum Gasteiger partial charge on any atom is -0.390 e. The number of hydrogen-bond acceptors (Lipinski definition) is 3. The Labute approximate surface area is 194 Å². The quantitative estimate of drug-likeness (QED) is 0.401. The second-order valence-electron chi connectivity index (χ2n) is 7.65. The van der Waals surface area contributed by atoms with Crippen LogP contribution in [0.2, 0.25) is 0 Å². The SMILES string of the molecule is CC(=O)N[C@@H](Cc1cc(F)cc(F)c1)C(O)CNCc1cc(Br)ccc1-c1ccccc1. The molecule has 0 aliphatic rings. The lowest BCUT2D eigenvalue weighted by Crippen LogP contribution is -2.48. The number of rotatable bonds is 9. The van der Waals surface area contributed by atoms with Gasteiger partial charge in [0.25, 0.3) is 0 Å². The Balaban J connectivity index is 1.68. The molecule has 3 aromatic rings. The topological polar surface area (TPSA) is 61.4 Å². The highest BCUT2D eigenvalue weighted by molar-refractivity contribution is 9.10. The molecule has 1 unspecified atom stereocenters. The lowest BCUT2D eigenvalue weighted by Gasteiger charge is -2.24. The van der Waals surface area contributed by atoms with Gasteiger partial charge in [-0.2, -0.15) is 0 Å². The molecule has 3 rings (SSSR count). The molecular weight excluding hydrogens is 478 g/mol. The minimum atomic E-state index is -0.961. The van der Waals surface area contributed by atoms with E-state index in [9.17, 15) is 18.7 Å². The number of hydrogen-bond donors (Lipinski definition) is 3. The van der Waals surface area contributed by atoms with E-state index in [-0.39, 0.29) is 18.9 Å². The van der Waals surface area contributed by atoms with Crippen LogP contribution in [-0.2, 0) is 17.8 Å². The van der Waals surface area contributed by atoms with Gasteiger partial charge >= 0.3 is 0 Å². The van der Waals surface area contributed by atoms with Gasteiger partial charge in [0.15, 0.2) is 0 Å². The van der Waals surface area contributed by atoms with E-state index < -0.39 is 23.8 Å². The minimum absolute atomic E-state index is 0.100. The van der Waals surface area contributed by atoms with Crippen molar-refractivity contribution in [3.05, 3.63) is 94.0 Å². The zero-order valence-electron chi connectivity index (χ0n) is 17.6. The van der Waals surface area contributed by atoms with E-state index in [0.29, 0.717) is 12.1 Å². The summed E-state index contributed by atoms with van der Waals surface area (Å²) in [6.07, 6.45) is -0.860. The smallest absolute Gasteiger partial charge is 0.217 e. The van der Waals surface area contributed by atoms with E-state index >= 15 is 0 Å². The average Bonchev–Trinajstić information content (AvgIpc) is 2.73. The van der Waals surface area contributed by atoms with Gasteiger partial charge in [-0.05, 0) is 52.9 Å². The van der Waals surface area contributed by atoms with Crippen LogP contribution in [-0.4, -0.2) is 29.7 Å². The first kappa shape index (κ1) is 24.0. The lowest BCUT2D eigenvalue weighted by atomic mass is 9.99. The summed E-state index contributed by atoms with van der Waals surface area (Å²) in [7, 11) is 0. The number of benzene rings is 3. The lowest BCUT2D eigenvalue weighted by molar-refractivity contribution is -0.120. The number of carbonyl (C=O) groups excluding carboxylic acids is 1. The summed E-state index contributed by atoms with van der Waals surface area (Å²) < 4.78 is 28.0. The monoisotopic (exact) mass is 502 g/mol. The number of halogens is 3. The molecule has 2 atom stereocenters. The molecule has 0 aromatic heterocycles. The fourth-order valence-corrected chi connectivity index (χ4v) is 4.04. The maximum absolute atomic E-state index is 13.5. The second-order valence-corrected chi connectivity index (χ2v) is 8.57. The third-order valence-electron chi connectivity index (χ3n) is 5.05. The fourth-order valence-electron chi connectivity index (χ4n) is 3.63. The third-order valence-corrected chi connectivity index (χ3v) is 5.55. The maximum Gasteiger partial charge on any atom is 0.217 e. The zero-order valence-corrected chi connectivity index (χ0v) is 19.2. The number of aliphatic hydroxyl groups is 1. The van der Waals surface area contributed by atoms with E-state index in [1.807, 2.05) is 48.5 Å². The van der Waals surface area contributed by atoms with Crippen LogP contribution in [0.5, 0.6) is 0 Å². The van der Waals surface area contributed by atoms with Gasteiger partial charge in [-0.1, -0.05) is 52.3 Å². The van der Waals surface area contributed by atoms with Gasteiger partial charge in [0.2, 0.25) is 5.91 Å². The molecule has 0 bridgehead atoms. The average molecular weight is 503 g/mol. The summed E-state index contributed by atoms with van der Waals surface area (Å²) in [4.78, 5) is 11.6. The molecule has 4 nitrogen and oxygen atoms in total. The molecule has 0 aliphatic heterocycles. The molecular formula is C25H25BrF2N2O2. The van der Waals surface area contributed by atoms with E-state index in [2.05, 4.69) is 26.6 Å². The molecule has 3 N–H and O–H groups in total. The Kier molecular flexibility index (Phi) is 8.50. The molecule has 0 fully saturated rings. The van der Waals surface area contributed by atoms with Crippen LogP contribution in [0, 0.1) is 11.6 Å². The number of carbonyl (C=O) groups is 1. The van der Waals surface area contributed by atoms with Gasteiger partial charge in [-0.3, -0.25) is 4.79 Å². The van der Waals surface area contributed by atoms with Crippen LogP contribution in [0.1, 0.15) is 18.1 Å². The van der Waals surface area contributed by atoms with Gasteiger partial charge in [-0.25, -0.2) is 8.78 Å². The first-order valence-corrected chi connectivity index (χ1v) is 11.1. The molecule has 0 saturated heterocycles. The summed E-state index contributed by atoms with van der Waals surface area (Å²) >= 11 is 3.50. The van der Waals surface area contributed by atoms with Crippen molar-refractivity contribution in [1.82, 2.24) is 10.6 Å². The highest BCUT2D eigenvalue weighted by atomic mass is 79.9. The molecule has 0 saturated carbocycles. The highest BCUT2D eigenvalue weighted by Crippen LogP contribution is 2.26. The van der Waals surface area contributed by atoms with Crippen molar-refractivity contribution < 1.29 is 18.7 Å².